The summed E-state index contributed by atoms with van der Waals surface area (Å²) < 4.78 is 5.53. The van der Waals surface area contributed by atoms with Crippen molar-refractivity contribution in [2.45, 2.75) is 13.8 Å². The van der Waals surface area contributed by atoms with Gasteiger partial charge in [-0.25, -0.2) is 5.32 Å². The summed E-state index contributed by atoms with van der Waals surface area (Å²) in [5, 5.41) is 4.30. The van der Waals surface area contributed by atoms with Crippen LogP contribution >= 0.6 is 0 Å². The molecule has 1 saturated heterocycles. The van der Waals surface area contributed by atoms with Crippen molar-refractivity contribution >= 4 is 0 Å². The molecule has 0 aromatic rings. The predicted octanol–water partition coefficient (Wildman–Crippen LogP) is 0.579. The van der Waals surface area contributed by atoms with Crippen LogP contribution in [0.15, 0.2) is 0 Å². The van der Waals surface area contributed by atoms with E-state index in [9.17, 15) is 0 Å². The molecule has 1 fully saturated rings. The first kappa shape index (κ1) is 11.0. The van der Waals surface area contributed by atoms with Gasteiger partial charge in [0.2, 0.25) is 0 Å². The van der Waals surface area contributed by atoms with Crippen molar-refractivity contribution < 1.29 is 4.74 Å². The van der Waals surface area contributed by atoms with Gasteiger partial charge in [-0.2, -0.15) is 0 Å². The van der Waals surface area contributed by atoms with E-state index in [1.807, 2.05) is 0 Å². The van der Waals surface area contributed by atoms with E-state index in [1.165, 1.54) is 0 Å². The molecule has 1 radical (unpaired) electrons. The van der Waals surface area contributed by atoms with E-state index in [0.717, 1.165) is 45.9 Å². The van der Waals surface area contributed by atoms with Crippen LogP contribution in [0.3, 0.4) is 0 Å². The van der Waals surface area contributed by atoms with Crippen LogP contribution in [0, 0.1) is 5.92 Å². The van der Waals surface area contributed by atoms with E-state index in [1.54, 1.807) is 0 Å². The topological polar surface area (TPSA) is 26.6 Å². The summed E-state index contributed by atoms with van der Waals surface area (Å²) in [6.07, 6.45) is 0. The van der Waals surface area contributed by atoms with E-state index in [0.29, 0.717) is 5.92 Å². The van der Waals surface area contributed by atoms with Gasteiger partial charge in [0, 0.05) is 39.3 Å². The van der Waals surface area contributed by atoms with Crippen molar-refractivity contribution in [3.63, 3.8) is 0 Å². The van der Waals surface area contributed by atoms with Crippen LogP contribution in [-0.4, -0.2) is 50.8 Å². The van der Waals surface area contributed by atoms with E-state index in [4.69, 9.17) is 4.74 Å². The zero-order valence-electron chi connectivity index (χ0n) is 8.83. The lowest BCUT2D eigenvalue weighted by atomic mass is 10.2. The molecule has 1 aliphatic heterocycles. The zero-order valence-corrected chi connectivity index (χ0v) is 8.83. The van der Waals surface area contributed by atoms with Crippen molar-refractivity contribution in [1.82, 2.24) is 10.2 Å². The average Bonchev–Trinajstić information content (AvgIpc) is 2.14. The molecule has 3 heteroatoms. The smallest absolute Gasteiger partial charge is 0.0593 e. The second kappa shape index (κ2) is 6.35. The Hall–Kier alpha value is -0.120. The molecule has 0 aromatic heterocycles. The van der Waals surface area contributed by atoms with Gasteiger partial charge in [0.1, 0.15) is 0 Å². The van der Waals surface area contributed by atoms with Crippen LogP contribution in [0.4, 0.5) is 0 Å². The van der Waals surface area contributed by atoms with Gasteiger partial charge in [-0.3, -0.25) is 4.90 Å². The zero-order chi connectivity index (χ0) is 9.52. The van der Waals surface area contributed by atoms with Crippen molar-refractivity contribution in [3.8, 4) is 0 Å². The van der Waals surface area contributed by atoms with E-state index < -0.39 is 0 Å². The molecule has 0 aromatic carbocycles. The summed E-state index contributed by atoms with van der Waals surface area (Å²) in [4.78, 5) is 2.42. The highest BCUT2D eigenvalue weighted by molar-refractivity contribution is 4.66. The molecule has 0 unspecified atom stereocenters. The third-order valence-corrected chi connectivity index (χ3v) is 2.15. The summed E-state index contributed by atoms with van der Waals surface area (Å²) in [7, 11) is 0. The lowest BCUT2D eigenvalue weighted by Crippen LogP contribution is -2.41. The van der Waals surface area contributed by atoms with Crippen LogP contribution in [0.1, 0.15) is 13.8 Å². The van der Waals surface area contributed by atoms with Gasteiger partial charge in [0.15, 0.2) is 0 Å². The maximum absolute atomic E-state index is 5.53. The van der Waals surface area contributed by atoms with Gasteiger partial charge in [-0.1, -0.05) is 13.8 Å². The maximum atomic E-state index is 5.53. The van der Waals surface area contributed by atoms with Gasteiger partial charge in [-0.15, -0.1) is 0 Å². The number of ether oxygens (including phenoxy) is 1. The van der Waals surface area contributed by atoms with Crippen LogP contribution < -0.4 is 5.32 Å². The minimum Gasteiger partial charge on any atom is -0.380 e. The summed E-state index contributed by atoms with van der Waals surface area (Å²) in [5.74, 6) is 0.649. The Bertz CT molecular complexity index is 122. The molecule has 77 valence electrons. The molecule has 0 spiro atoms. The number of hydrogen-bond donors (Lipinski definition) is 0. The Balaban J connectivity index is 1.92. The Labute approximate surface area is 81.4 Å². The molecule has 3 nitrogen and oxygen atoms in total. The van der Waals surface area contributed by atoms with Crippen molar-refractivity contribution in [1.29, 1.82) is 0 Å². The summed E-state index contributed by atoms with van der Waals surface area (Å²) in [6.45, 7) is 11.4. The Morgan fingerprint density at radius 1 is 1.31 bits per heavy atom. The Morgan fingerprint density at radius 3 is 2.62 bits per heavy atom. The monoisotopic (exact) mass is 185 g/mol. The van der Waals surface area contributed by atoms with Gasteiger partial charge >= 0.3 is 0 Å². The average molecular weight is 185 g/mol. The lowest BCUT2D eigenvalue weighted by molar-refractivity contribution is 0.0817. The van der Waals surface area contributed by atoms with Crippen LogP contribution in [-0.2, 0) is 4.74 Å². The highest BCUT2D eigenvalue weighted by Crippen LogP contribution is 1.95. The lowest BCUT2D eigenvalue weighted by Gasteiger charge is -2.26. The first-order valence-electron chi connectivity index (χ1n) is 5.22. The molecule has 0 saturated carbocycles. The van der Waals surface area contributed by atoms with E-state index in [-0.39, 0.29) is 0 Å². The van der Waals surface area contributed by atoms with Crippen LogP contribution in [0.2, 0.25) is 0 Å². The van der Waals surface area contributed by atoms with Gasteiger partial charge in [0.25, 0.3) is 0 Å². The molecule has 0 bridgehead atoms. The predicted molar refractivity (Wildman–Crippen MR) is 54.0 cm³/mol. The second-order valence-electron chi connectivity index (χ2n) is 3.98. The Morgan fingerprint density at radius 2 is 2.00 bits per heavy atom. The number of rotatable bonds is 5. The highest BCUT2D eigenvalue weighted by Gasteiger charge is 2.09. The number of nitrogens with zero attached hydrogens (tertiary/aromatic N) is 2. The quantitative estimate of drug-likeness (QED) is 0.586. The third kappa shape index (κ3) is 5.24. The summed E-state index contributed by atoms with van der Waals surface area (Å²) in [6, 6.07) is 0. The molecule has 13 heavy (non-hydrogen) atoms. The van der Waals surface area contributed by atoms with Crippen LogP contribution in [0.5, 0.6) is 0 Å². The summed E-state index contributed by atoms with van der Waals surface area (Å²) in [5.41, 5.74) is 0. The van der Waals surface area contributed by atoms with Crippen LogP contribution in [0.25, 0.3) is 0 Å². The van der Waals surface area contributed by atoms with E-state index >= 15 is 0 Å². The molecular weight excluding hydrogens is 164 g/mol. The molecule has 1 rings (SSSR count). The fraction of sp³-hybridized carbons (Fsp3) is 1.00. The fourth-order valence-electron chi connectivity index (χ4n) is 1.38. The van der Waals surface area contributed by atoms with Gasteiger partial charge < -0.3 is 4.74 Å². The first-order valence-corrected chi connectivity index (χ1v) is 5.22. The molecule has 0 N–H and O–H groups in total. The molecule has 0 atom stereocenters. The second-order valence-corrected chi connectivity index (χ2v) is 3.98. The van der Waals surface area contributed by atoms with Crippen molar-refractivity contribution in [2.24, 2.45) is 5.92 Å². The van der Waals surface area contributed by atoms with Gasteiger partial charge in [-0.05, 0) is 5.92 Å². The molecule has 1 aliphatic rings. The Kier molecular flexibility index (Phi) is 5.35. The largest absolute Gasteiger partial charge is 0.380 e. The fourth-order valence-corrected chi connectivity index (χ4v) is 1.38. The molecule has 0 aliphatic carbocycles. The number of piperazine rings is 1. The maximum Gasteiger partial charge on any atom is 0.0593 e. The number of hydrogen-bond acceptors (Lipinski definition) is 2. The molecule has 1 heterocycles. The van der Waals surface area contributed by atoms with E-state index in [2.05, 4.69) is 24.1 Å². The SMILES string of the molecule is CC(C)COCCN1CC[N]CC1. The standard InChI is InChI=1S/C10H21N2O/c1-10(2)9-13-8-7-12-5-3-11-4-6-12/h10H,3-9H2,1-2H3. The van der Waals surface area contributed by atoms with Crippen molar-refractivity contribution in [3.05, 3.63) is 0 Å². The first-order chi connectivity index (χ1) is 6.29. The minimum atomic E-state index is 0.649. The minimum absolute atomic E-state index is 0.649. The van der Waals surface area contributed by atoms with Gasteiger partial charge in [0.05, 0.1) is 6.61 Å². The van der Waals surface area contributed by atoms with Crippen molar-refractivity contribution in [2.75, 3.05) is 45.9 Å². The third-order valence-electron chi connectivity index (χ3n) is 2.15. The normalized spacial score (nSPS) is 19.6. The summed E-state index contributed by atoms with van der Waals surface area (Å²) >= 11 is 0. The molecule has 0 amide bonds. The molecular formula is C10H21N2O. The highest BCUT2D eigenvalue weighted by atomic mass is 16.5.